The highest BCUT2D eigenvalue weighted by molar-refractivity contribution is 6.21. The van der Waals surface area contributed by atoms with E-state index in [0.717, 1.165) is 5.69 Å². The second kappa shape index (κ2) is 5.97. The molecule has 2 aromatic carbocycles. The smallest absolute Gasteiger partial charge is 0.261 e. The number of hydrogen-bond acceptors (Lipinski definition) is 3. The first-order valence-electron chi connectivity index (χ1n) is 7.11. The van der Waals surface area contributed by atoms with E-state index in [1.807, 2.05) is 0 Å². The van der Waals surface area contributed by atoms with E-state index in [9.17, 15) is 14.0 Å². The van der Waals surface area contributed by atoms with Crippen molar-refractivity contribution >= 4 is 17.5 Å². The Morgan fingerprint density at radius 2 is 1.50 bits per heavy atom. The molecule has 0 saturated heterocycles. The summed E-state index contributed by atoms with van der Waals surface area (Å²) in [6.45, 7) is 0.958. The van der Waals surface area contributed by atoms with Gasteiger partial charge in [-0.05, 0) is 42.8 Å². The molecule has 0 unspecified atom stereocenters. The highest BCUT2D eigenvalue weighted by atomic mass is 19.1. The van der Waals surface area contributed by atoms with E-state index < -0.39 is 0 Å². The molecule has 0 fully saturated rings. The predicted octanol–water partition coefficient (Wildman–Crippen LogP) is 2.92. The molecule has 1 heterocycles. The zero-order chi connectivity index (χ0) is 15.5. The molecule has 0 spiro atoms. The molecule has 112 valence electrons. The van der Waals surface area contributed by atoms with Crippen molar-refractivity contribution in [2.75, 3.05) is 18.4 Å². The van der Waals surface area contributed by atoms with E-state index in [1.54, 1.807) is 36.4 Å². The average molecular weight is 298 g/mol. The summed E-state index contributed by atoms with van der Waals surface area (Å²) in [7, 11) is 0. The Morgan fingerprint density at radius 3 is 2.09 bits per heavy atom. The minimum atomic E-state index is -0.281. The number of carbonyl (C=O) groups is 2. The highest BCUT2D eigenvalue weighted by Crippen LogP contribution is 2.22. The maximum absolute atomic E-state index is 12.8. The van der Waals surface area contributed by atoms with Gasteiger partial charge >= 0.3 is 0 Å². The van der Waals surface area contributed by atoms with Crippen molar-refractivity contribution < 1.29 is 14.0 Å². The third-order valence-electron chi connectivity index (χ3n) is 3.61. The lowest BCUT2D eigenvalue weighted by atomic mass is 10.1. The summed E-state index contributed by atoms with van der Waals surface area (Å²) in [4.78, 5) is 25.6. The Labute approximate surface area is 127 Å². The molecule has 0 atom stereocenters. The third kappa shape index (κ3) is 2.70. The van der Waals surface area contributed by atoms with Crippen molar-refractivity contribution in [1.29, 1.82) is 0 Å². The molecule has 0 saturated carbocycles. The second-order valence-electron chi connectivity index (χ2n) is 5.09. The zero-order valence-corrected chi connectivity index (χ0v) is 11.9. The van der Waals surface area contributed by atoms with E-state index in [-0.39, 0.29) is 17.6 Å². The molecule has 1 N–H and O–H groups in total. The van der Waals surface area contributed by atoms with Gasteiger partial charge < -0.3 is 5.32 Å². The minimum Gasteiger partial charge on any atom is -0.385 e. The van der Waals surface area contributed by atoms with Gasteiger partial charge in [-0.15, -0.1) is 0 Å². The number of nitrogens with one attached hydrogen (secondary N) is 1. The molecule has 2 aromatic rings. The number of fused-ring (bicyclic) bond motifs is 1. The molecule has 0 aliphatic carbocycles. The molecule has 0 bridgehead atoms. The lowest BCUT2D eigenvalue weighted by Gasteiger charge is -2.14. The number of anilines is 1. The Morgan fingerprint density at radius 1 is 0.909 bits per heavy atom. The van der Waals surface area contributed by atoms with Gasteiger partial charge in [-0.3, -0.25) is 14.5 Å². The number of benzene rings is 2. The van der Waals surface area contributed by atoms with Crippen LogP contribution in [0.25, 0.3) is 0 Å². The fraction of sp³-hybridized carbons (Fsp3) is 0.176. The van der Waals surface area contributed by atoms with Crippen molar-refractivity contribution in [3.8, 4) is 0 Å². The summed E-state index contributed by atoms with van der Waals surface area (Å²) in [6.07, 6.45) is 0.628. The van der Waals surface area contributed by atoms with Gasteiger partial charge in [0.05, 0.1) is 11.1 Å². The number of imide groups is 1. The van der Waals surface area contributed by atoms with Crippen molar-refractivity contribution in [1.82, 2.24) is 4.90 Å². The third-order valence-corrected chi connectivity index (χ3v) is 3.61. The monoisotopic (exact) mass is 298 g/mol. The SMILES string of the molecule is O=C1c2ccccc2C(=O)N1CCCNc1ccc(F)cc1. The van der Waals surface area contributed by atoms with Crippen LogP contribution < -0.4 is 5.32 Å². The first-order valence-corrected chi connectivity index (χ1v) is 7.11. The van der Waals surface area contributed by atoms with Gasteiger partial charge in [0.25, 0.3) is 11.8 Å². The van der Waals surface area contributed by atoms with Crippen LogP contribution in [0.4, 0.5) is 10.1 Å². The topological polar surface area (TPSA) is 49.4 Å². The van der Waals surface area contributed by atoms with Crippen LogP contribution >= 0.6 is 0 Å². The lowest BCUT2D eigenvalue weighted by Crippen LogP contribution is -2.31. The molecule has 4 nitrogen and oxygen atoms in total. The number of nitrogens with zero attached hydrogens (tertiary/aromatic N) is 1. The fourth-order valence-corrected chi connectivity index (χ4v) is 2.48. The summed E-state index contributed by atoms with van der Waals surface area (Å²) >= 11 is 0. The number of carbonyl (C=O) groups excluding carboxylic acids is 2. The molecule has 3 rings (SSSR count). The predicted molar refractivity (Wildman–Crippen MR) is 81.3 cm³/mol. The summed E-state index contributed by atoms with van der Waals surface area (Å²) in [6, 6.07) is 12.9. The van der Waals surface area contributed by atoms with Gasteiger partial charge in [-0.1, -0.05) is 12.1 Å². The van der Waals surface area contributed by atoms with E-state index in [0.29, 0.717) is 30.6 Å². The van der Waals surface area contributed by atoms with Crippen molar-refractivity contribution in [3.05, 3.63) is 65.5 Å². The largest absolute Gasteiger partial charge is 0.385 e. The zero-order valence-electron chi connectivity index (χ0n) is 11.9. The van der Waals surface area contributed by atoms with E-state index >= 15 is 0 Å². The van der Waals surface area contributed by atoms with Crippen LogP contribution in [-0.2, 0) is 0 Å². The number of rotatable bonds is 5. The quantitative estimate of drug-likeness (QED) is 0.682. The molecular weight excluding hydrogens is 283 g/mol. The molecule has 0 radical (unpaired) electrons. The van der Waals surface area contributed by atoms with Gasteiger partial charge in [0, 0.05) is 18.8 Å². The minimum absolute atomic E-state index is 0.234. The first kappa shape index (κ1) is 14.3. The van der Waals surface area contributed by atoms with Crippen LogP contribution in [0.5, 0.6) is 0 Å². The van der Waals surface area contributed by atoms with Crippen molar-refractivity contribution in [3.63, 3.8) is 0 Å². The highest BCUT2D eigenvalue weighted by Gasteiger charge is 2.34. The first-order chi connectivity index (χ1) is 10.7. The number of amides is 2. The standard InChI is InChI=1S/C17H15FN2O2/c18-12-6-8-13(9-7-12)19-10-3-11-20-16(21)14-4-1-2-5-15(14)17(20)22/h1-2,4-9,19H,3,10-11H2. The van der Waals surface area contributed by atoms with Gasteiger partial charge in [0.15, 0.2) is 0 Å². The molecule has 2 amide bonds. The van der Waals surface area contributed by atoms with Crippen molar-refractivity contribution in [2.45, 2.75) is 6.42 Å². The average Bonchev–Trinajstić information content (AvgIpc) is 2.78. The maximum Gasteiger partial charge on any atom is 0.261 e. The van der Waals surface area contributed by atoms with E-state index in [1.165, 1.54) is 17.0 Å². The normalized spacial score (nSPS) is 13.4. The molecule has 1 aliphatic rings. The lowest BCUT2D eigenvalue weighted by molar-refractivity contribution is 0.0654. The van der Waals surface area contributed by atoms with Crippen LogP contribution in [0, 0.1) is 5.82 Å². The second-order valence-corrected chi connectivity index (χ2v) is 5.09. The number of halogens is 1. The molecule has 22 heavy (non-hydrogen) atoms. The molecular formula is C17H15FN2O2. The summed E-state index contributed by atoms with van der Waals surface area (Å²) in [5, 5.41) is 3.13. The Bertz CT molecular complexity index is 678. The Balaban J connectivity index is 1.54. The van der Waals surface area contributed by atoms with Crippen molar-refractivity contribution in [2.24, 2.45) is 0 Å². The van der Waals surface area contributed by atoms with Gasteiger partial charge in [0.2, 0.25) is 0 Å². The van der Waals surface area contributed by atoms with Gasteiger partial charge in [-0.2, -0.15) is 0 Å². The Kier molecular flexibility index (Phi) is 3.87. The fourth-order valence-electron chi connectivity index (χ4n) is 2.48. The van der Waals surface area contributed by atoms with Crippen LogP contribution in [-0.4, -0.2) is 29.8 Å². The van der Waals surface area contributed by atoms with Crippen LogP contribution in [0.3, 0.4) is 0 Å². The summed E-state index contributed by atoms with van der Waals surface area (Å²) in [5.74, 6) is -0.749. The summed E-state index contributed by atoms with van der Waals surface area (Å²) < 4.78 is 12.8. The van der Waals surface area contributed by atoms with Crippen LogP contribution in [0.2, 0.25) is 0 Å². The summed E-state index contributed by atoms with van der Waals surface area (Å²) in [5.41, 5.74) is 1.75. The number of hydrogen-bond donors (Lipinski definition) is 1. The van der Waals surface area contributed by atoms with Crippen LogP contribution in [0.15, 0.2) is 48.5 Å². The van der Waals surface area contributed by atoms with E-state index in [4.69, 9.17) is 0 Å². The Hall–Kier alpha value is -2.69. The van der Waals surface area contributed by atoms with Crippen LogP contribution in [0.1, 0.15) is 27.1 Å². The van der Waals surface area contributed by atoms with E-state index in [2.05, 4.69) is 5.32 Å². The van der Waals surface area contributed by atoms with Gasteiger partial charge in [-0.25, -0.2) is 4.39 Å². The van der Waals surface area contributed by atoms with Gasteiger partial charge in [0.1, 0.15) is 5.82 Å². The molecule has 5 heteroatoms. The molecule has 1 aliphatic heterocycles. The maximum atomic E-state index is 12.8. The molecule has 0 aromatic heterocycles.